The van der Waals surface area contributed by atoms with Crippen LogP contribution in [0.15, 0.2) is 91.0 Å². The van der Waals surface area contributed by atoms with E-state index in [1.807, 2.05) is 50.2 Å². The molecule has 0 radical (unpaired) electrons. The van der Waals surface area contributed by atoms with Crippen molar-refractivity contribution in [2.45, 2.75) is 68.2 Å². The SMILES string of the molecule is C.C.CO.Cc1cc(/C=C/C#N)ccc1N1CCc2c(C)nc(Nc3ccc(C#N)cc3)nc21.Cc1cc(CCC#N)ccc1N1CCc2c(C)nc(Nc3ccc(C#N)cc3)nc21.[CH3-].[Pd]. The Bertz CT molecular complexity index is 2780. The minimum Gasteiger partial charge on any atom is -0.400 e. The van der Waals surface area contributed by atoms with Crippen LogP contribution in [0.25, 0.3) is 6.08 Å². The molecule has 13 nitrogen and oxygen atoms in total. The molecule has 0 fully saturated rings. The topological polar surface area (TPSA) is 197 Å². The second kappa shape index (κ2) is 25.8. The maximum atomic E-state index is 8.96. The van der Waals surface area contributed by atoms with Gasteiger partial charge in [-0.15, -0.1) is 0 Å². The van der Waals surface area contributed by atoms with Crippen molar-refractivity contribution in [2.75, 3.05) is 40.6 Å². The summed E-state index contributed by atoms with van der Waals surface area (Å²) in [7, 11) is 1.00. The van der Waals surface area contributed by atoms with Gasteiger partial charge in [-0.3, -0.25) is 0 Å². The summed E-state index contributed by atoms with van der Waals surface area (Å²) in [5.74, 6) is 2.94. The number of anilines is 8. The number of aryl methyl sites for hydroxylation is 5. The number of nitrogens with one attached hydrogen (secondary N) is 2. The van der Waals surface area contributed by atoms with Gasteiger partial charge in [0.05, 0.1) is 35.4 Å². The fourth-order valence-corrected chi connectivity index (χ4v) is 7.54. The maximum Gasteiger partial charge on any atom is 0.229 e. The first-order valence-electron chi connectivity index (χ1n) is 20.1. The molecule has 14 heteroatoms. The number of nitriles is 4. The molecular formula is C52H57N12OPd-. The fourth-order valence-electron chi connectivity index (χ4n) is 7.54. The molecular weight excluding hydrogens is 915 g/mol. The zero-order valence-electron chi connectivity index (χ0n) is 36.7. The third-order valence-electron chi connectivity index (χ3n) is 10.5. The largest absolute Gasteiger partial charge is 0.400 e. The first-order chi connectivity index (χ1) is 30.2. The first-order valence-corrected chi connectivity index (χ1v) is 20.1. The van der Waals surface area contributed by atoms with Crippen LogP contribution >= 0.6 is 0 Å². The molecule has 2 aliphatic rings. The first kappa shape index (κ1) is 54.7. The van der Waals surface area contributed by atoms with Gasteiger partial charge in [-0.2, -0.15) is 31.0 Å². The van der Waals surface area contributed by atoms with Crippen molar-refractivity contribution in [3.63, 3.8) is 0 Å². The molecule has 2 aliphatic heterocycles. The van der Waals surface area contributed by atoms with Gasteiger partial charge in [-0.25, -0.2) is 9.97 Å². The van der Waals surface area contributed by atoms with E-state index in [4.69, 9.17) is 36.1 Å². The second-order valence-electron chi connectivity index (χ2n) is 14.6. The summed E-state index contributed by atoms with van der Waals surface area (Å²) in [6.45, 7) is 9.92. The molecule has 6 aromatic rings. The van der Waals surface area contributed by atoms with E-state index in [0.29, 0.717) is 29.4 Å². The quantitative estimate of drug-likeness (QED) is 0.0703. The van der Waals surface area contributed by atoms with Gasteiger partial charge in [0.2, 0.25) is 11.9 Å². The van der Waals surface area contributed by atoms with Gasteiger partial charge in [0.15, 0.2) is 0 Å². The minimum atomic E-state index is 0. The number of aliphatic hydroxyl groups is 1. The van der Waals surface area contributed by atoms with Crippen molar-refractivity contribution >= 4 is 52.4 Å². The summed E-state index contributed by atoms with van der Waals surface area (Å²) in [4.78, 5) is 23.4. The van der Waals surface area contributed by atoms with Crippen LogP contribution in [0.3, 0.4) is 0 Å². The molecule has 0 saturated heterocycles. The van der Waals surface area contributed by atoms with Gasteiger partial charge < -0.3 is 33.0 Å². The van der Waals surface area contributed by atoms with Crippen LogP contribution < -0.4 is 20.4 Å². The Morgan fingerprint density at radius 1 is 0.636 bits per heavy atom. The van der Waals surface area contributed by atoms with Crippen molar-refractivity contribution < 1.29 is 25.5 Å². The molecule has 2 aromatic heterocycles. The average Bonchev–Trinajstić information content (AvgIpc) is 3.92. The van der Waals surface area contributed by atoms with Gasteiger partial charge in [0, 0.05) is 98.4 Å². The predicted molar refractivity (Wildman–Crippen MR) is 263 cm³/mol. The zero-order chi connectivity index (χ0) is 44.2. The van der Waals surface area contributed by atoms with Crippen LogP contribution in [0.1, 0.15) is 77.2 Å². The molecule has 3 N–H and O–H groups in total. The van der Waals surface area contributed by atoms with Crippen LogP contribution in [0, 0.1) is 80.4 Å². The van der Waals surface area contributed by atoms with Crippen LogP contribution in [0.2, 0.25) is 0 Å². The maximum absolute atomic E-state index is 8.96. The van der Waals surface area contributed by atoms with E-state index < -0.39 is 0 Å². The average molecular weight is 973 g/mol. The molecule has 0 spiro atoms. The number of rotatable bonds is 9. The van der Waals surface area contributed by atoms with Gasteiger partial charge in [0.1, 0.15) is 11.6 Å². The summed E-state index contributed by atoms with van der Waals surface area (Å²) in [6, 6.07) is 35.5. The molecule has 0 unspecified atom stereocenters. The Morgan fingerprint density at radius 2 is 1.09 bits per heavy atom. The van der Waals surface area contributed by atoms with Crippen LogP contribution in [0.5, 0.6) is 0 Å². The van der Waals surface area contributed by atoms with Crippen molar-refractivity contribution in [1.82, 2.24) is 19.9 Å². The van der Waals surface area contributed by atoms with Gasteiger partial charge in [-0.05, 0) is 142 Å². The number of benzene rings is 4. The number of fused-ring (bicyclic) bond motifs is 2. The van der Waals surface area contributed by atoms with E-state index in [1.54, 1.807) is 30.3 Å². The Hall–Kier alpha value is -7.44. The molecule has 4 aromatic carbocycles. The molecule has 66 heavy (non-hydrogen) atoms. The van der Waals surface area contributed by atoms with E-state index in [-0.39, 0.29) is 42.7 Å². The summed E-state index contributed by atoms with van der Waals surface area (Å²) in [6.07, 6.45) is 6.40. The smallest absolute Gasteiger partial charge is 0.229 e. The number of aliphatic hydroxyl groups excluding tert-OH is 1. The number of hydrogen-bond donors (Lipinski definition) is 3. The Labute approximate surface area is 404 Å². The Morgan fingerprint density at radius 3 is 1.50 bits per heavy atom. The van der Waals surface area contributed by atoms with E-state index in [9.17, 15) is 0 Å². The van der Waals surface area contributed by atoms with E-state index in [0.717, 1.165) is 102 Å². The third kappa shape index (κ3) is 12.9. The Balaban J connectivity index is 0.000000413. The van der Waals surface area contributed by atoms with E-state index >= 15 is 0 Å². The number of aromatic nitrogens is 4. The van der Waals surface area contributed by atoms with E-state index in [2.05, 4.69) is 92.8 Å². The molecule has 8 rings (SSSR count). The fraction of sp³-hybridized carbons (Fsp3) is 0.250. The van der Waals surface area contributed by atoms with Crippen LogP contribution in [0.4, 0.5) is 46.3 Å². The summed E-state index contributed by atoms with van der Waals surface area (Å²) >= 11 is 0. The molecule has 0 aliphatic carbocycles. The molecule has 0 bridgehead atoms. The Kier molecular flexibility index (Phi) is 21.3. The summed E-state index contributed by atoms with van der Waals surface area (Å²) < 4.78 is 0. The minimum absolute atomic E-state index is 0. The van der Waals surface area contributed by atoms with Crippen molar-refractivity contribution in [1.29, 1.82) is 21.0 Å². The van der Waals surface area contributed by atoms with Crippen LogP contribution in [-0.4, -0.2) is 45.2 Å². The second-order valence-corrected chi connectivity index (χ2v) is 14.6. The number of nitrogens with zero attached hydrogens (tertiary/aromatic N) is 10. The standard InChI is InChI=1S/C24H22N6.C24H20N6.CH4O.2CH4.CH3.Pd/c2*1-16-14-18(4-3-12-25)7-10-22(16)30-13-11-21-17(2)27-24(29-23(21)30)28-20-8-5-19(15-26)6-9-20;1-2;;;;/h5-10,14H,3-4,11,13H2,1-2H3,(H,27,28,29);3-10,14H,11,13H2,1-2H3,(H,27,28,29);2H,1H3;2*1H4;1H3;/q;;;;;-1;/b;4-3+;;;;;. The molecule has 0 atom stereocenters. The molecule has 342 valence electrons. The van der Waals surface area contributed by atoms with Gasteiger partial charge in [-0.1, -0.05) is 33.1 Å². The molecule has 4 heterocycles. The van der Waals surface area contributed by atoms with E-state index in [1.165, 1.54) is 22.8 Å². The zero-order valence-corrected chi connectivity index (χ0v) is 38.3. The van der Waals surface area contributed by atoms with Crippen molar-refractivity contribution in [3.8, 4) is 24.3 Å². The molecule has 0 saturated carbocycles. The normalized spacial score (nSPS) is 11.3. The summed E-state index contributed by atoms with van der Waals surface area (Å²) in [5, 5.41) is 49.0. The predicted octanol–water partition coefficient (Wildman–Crippen LogP) is 11.1. The summed E-state index contributed by atoms with van der Waals surface area (Å²) in [5.41, 5.74) is 13.9. The van der Waals surface area contributed by atoms with Crippen LogP contribution in [-0.2, 0) is 39.7 Å². The van der Waals surface area contributed by atoms with Crippen molar-refractivity contribution in [2.24, 2.45) is 0 Å². The third-order valence-corrected chi connectivity index (χ3v) is 10.5. The van der Waals surface area contributed by atoms with Gasteiger partial charge >= 0.3 is 0 Å². The molecule has 0 amide bonds. The number of hydrogen-bond acceptors (Lipinski definition) is 13. The number of allylic oxidation sites excluding steroid dienone is 1. The van der Waals surface area contributed by atoms with Crippen molar-refractivity contribution in [3.05, 3.63) is 154 Å². The monoisotopic (exact) mass is 971 g/mol. The van der Waals surface area contributed by atoms with Gasteiger partial charge in [0.25, 0.3) is 0 Å².